The topological polar surface area (TPSA) is 26.0 Å². The van der Waals surface area contributed by atoms with Gasteiger partial charge in [0.25, 0.3) is 6.43 Å². The largest absolute Gasteiger partial charge is 0.321 e. The zero-order valence-electron chi connectivity index (χ0n) is 7.43. The van der Waals surface area contributed by atoms with Gasteiger partial charge in [-0.3, -0.25) is 0 Å². The van der Waals surface area contributed by atoms with Crippen LogP contribution in [0.2, 0.25) is 0 Å². The molecule has 0 radical (unpaired) electrons. The maximum atomic E-state index is 13.1. The van der Waals surface area contributed by atoms with Gasteiger partial charge in [0, 0.05) is 5.54 Å². The number of hydrogen-bond acceptors (Lipinski definition) is 1. The Labute approximate surface area is 79.7 Å². The van der Waals surface area contributed by atoms with Gasteiger partial charge in [0.15, 0.2) is 0 Å². The summed E-state index contributed by atoms with van der Waals surface area (Å²) >= 11 is 0. The zero-order valence-corrected chi connectivity index (χ0v) is 7.43. The van der Waals surface area contributed by atoms with Crippen molar-refractivity contribution in [2.45, 2.75) is 24.8 Å². The Balaban J connectivity index is 2.53. The van der Waals surface area contributed by atoms with Crippen LogP contribution in [0.15, 0.2) is 18.2 Å². The molecule has 0 aliphatic heterocycles. The summed E-state index contributed by atoms with van der Waals surface area (Å²) in [6.45, 7) is 0. The fourth-order valence-electron chi connectivity index (χ4n) is 1.60. The third-order valence-corrected chi connectivity index (χ3v) is 2.60. The molecule has 1 aliphatic carbocycles. The van der Waals surface area contributed by atoms with E-state index in [1.807, 2.05) is 0 Å². The van der Waals surface area contributed by atoms with Gasteiger partial charge in [-0.25, -0.2) is 13.2 Å². The molecule has 1 nitrogen and oxygen atoms in total. The Morgan fingerprint density at radius 2 is 1.93 bits per heavy atom. The van der Waals surface area contributed by atoms with E-state index in [1.165, 1.54) is 12.1 Å². The van der Waals surface area contributed by atoms with Crippen molar-refractivity contribution in [3.8, 4) is 0 Å². The molecule has 0 aromatic heterocycles. The van der Waals surface area contributed by atoms with E-state index in [0.717, 1.165) is 6.07 Å². The molecule has 76 valence electrons. The molecule has 0 atom stereocenters. The maximum Gasteiger partial charge on any atom is 0.267 e. The smallest absolute Gasteiger partial charge is 0.267 e. The second kappa shape index (κ2) is 2.98. The Hall–Kier alpha value is -1.03. The lowest BCUT2D eigenvalue weighted by molar-refractivity contribution is 0.144. The zero-order chi connectivity index (χ0) is 10.3. The Morgan fingerprint density at radius 1 is 1.29 bits per heavy atom. The van der Waals surface area contributed by atoms with E-state index in [2.05, 4.69) is 0 Å². The van der Waals surface area contributed by atoms with Gasteiger partial charge in [0.05, 0.1) is 5.56 Å². The maximum absolute atomic E-state index is 13.1. The van der Waals surface area contributed by atoms with Crippen molar-refractivity contribution < 1.29 is 13.2 Å². The third-order valence-electron chi connectivity index (χ3n) is 2.60. The lowest BCUT2D eigenvalue weighted by atomic mass is 9.99. The minimum Gasteiger partial charge on any atom is -0.321 e. The van der Waals surface area contributed by atoms with E-state index in [-0.39, 0.29) is 5.56 Å². The quantitative estimate of drug-likeness (QED) is 0.782. The van der Waals surface area contributed by atoms with Crippen molar-refractivity contribution in [1.82, 2.24) is 0 Å². The monoisotopic (exact) mass is 201 g/mol. The van der Waals surface area contributed by atoms with Crippen LogP contribution in [0.4, 0.5) is 13.2 Å². The fraction of sp³-hybridized carbons (Fsp3) is 0.400. The van der Waals surface area contributed by atoms with Gasteiger partial charge in [0.2, 0.25) is 0 Å². The van der Waals surface area contributed by atoms with E-state index in [4.69, 9.17) is 5.73 Å². The van der Waals surface area contributed by atoms with E-state index < -0.39 is 23.3 Å². The molecule has 4 heteroatoms. The molecule has 14 heavy (non-hydrogen) atoms. The van der Waals surface area contributed by atoms with Crippen LogP contribution in [-0.2, 0) is 5.54 Å². The molecule has 0 spiro atoms. The molecule has 1 aliphatic rings. The lowest BCUT2D eigenvalue weighted by Crippen LogP contribution is -2.21. The van der Waals surface area contributed by atoms with Crippen molar-refractivity contribution in [3.63, 3.8) is 0 Å². The molecule has 0 saturated heterocycles. The summed E-state index contributed by atoms with van der Waals surface area (Å²) in [5.74, 6) is -0.866. The van der Waals surface area contributed by atoms with Crippen molar-refractivity contribution in [2.75, 3.05) is 0 Å². The van der Waals surface area contributed by atoms with Gasteiger partial charge in [0.1, 0.15) is 5.82 Å². The first kappa shape index (κ1) is 9.52. The van der Waals surface area contributed by atoms with Gasteiger partial charge in [-0.2, -0.15) is 0 Å². The molecule has 1 aromatic rings. The number of benzene rings is 1. The Bertz CT molecular complexity index is 358. The highest BCUT2D eigenvalue weighted by Crippen LogP contribution is 2.46. The number of nitrogens with two attached hydrogens (primary N) is 1. The molecule has 0 heterocycles. The van der Waals surface area contributed by atoms with Crippen LogP contribution in [0.3, 0.4) is 0 Å². The number of rotatable bonds is 2. The van der Waals surface area contributed by atoms with Gasteiger partial charge < -0.3 is 5.73 Å². The molecular formula is C10H10F3N. The van der Waals surface area contributed by atoms with Gasteiger partial charge in [-0.15, -0.1) is 0 Å². The predicted molar refractivity (Wildman–Crippen MR) is 46.5 cm³/mol. The molecule has 1 fully saturated rings. The van der Waals surface area contributed by atoms with Crippen molar-refractivity contribution in [2.24, 2.45) is 5.73 Å². The lowest BCUT2D eigenvalue weighted by Gasteiger charge is -2.14. The second-order valence-corrected chi connectivity index (χ2v) is 3.66. The van der Waals surface area contributed by atoms with Crippen LogP contribution in [0.1, 0.15) is 30.4 Å². The normalized spacial score (nSPS) is 18.6. The number of halogens is 3. The molecular weight excluding hydrogens is 191 g/mol. The molecule has 0 bridgehead atoms. The molecule has 1 aromatic carbocycles. The summed E-state index contributed by atoms with van der Waals surface area (Å²) in [7, 11) is 0. The number of hydrogen-bond donors (Lipinski definition) is 1. The Morgan fingerprint density at radius 3 is 2.43 bits per heavy atom. The minimum atomic E-state index is -2.80. The number of alkyl halides is 2. The highest BCUT2D eigenvalue weighted by atomic mass is 19.3. The van der Waals surface area contributed by atoms with Gasteiger partial charge in [-0.05, 0) is 24.5 Å². The Kier molecular flexibility index (Phi) is 2.03. The van der Waals surface area contributed by atoms with E-state index in [9.17, 15) is 13.2 Å². The van der Waals surface area contributed by atoms with Crippen LogP contribution >= 0.6 is 0 Å². The molecule has 0 unspecified atom stereocenters. The van der Waals surface area contributed by atoms with Crippen LogP contribution in [0.5, 0.6) is 0 Å². The molecule has 1 saturated carbocycles. The van der Waals surface area contributed by atoms with Crippen molar-refractivity contribution in [1.29, 1.82) is 0 Å². The first-order valence-corrected chi connectivity index (χ1v) is 4.40. The third kappa shape index (κ3) is 1.39. The summed E-state index contributed by atoms with van der Waals surface area (Å²) in [6, 6.07) is 3.94. The van der Waals surface area contributed by atoms with Crippen LogP contribution < -0.4 is 5.73 Å². The SMILES string of the molecule is NC1(c2cccc(F)c2C(F)F)CC1. The van der Waals surface area contributed by atoms with Gasteiger partial charge >= 0.3 is 0 Å². The second-order valence-electron chi connectivity index (χ2n) is 3.66. The van der Waals surface area contributed by atoms with E-state index >= 15 is 0 Å². The van der Waals surface area contributed by atoms with Crippen molar-refractivity contribution in [3.05, 3.63) is 35.1 Å². The summed E-state index contributed by atoms with van der Waals surface area (Å²) in [6.07, 6.45) is -1.50. The summed E-state index contributed by atoms with van der Waals surface area (Å²) in [5, 5.41) is 0. The molecule has 2 N–H and O–H groups in total. The summed E-state index contributed by atoms with van der Waals surface area (Å²) in [5.41, 5.74) is 4.78. The average Bonchev–Trinajstić information content (AvgIpc) is 2.84. The predicted octanol–water partition coefficient (Wildman–Crippen LogP) is 2.71. The van der Waals surface area contributed by atoms with E-state index in [0.29, 0.717) is 12.8 Å². The summed E-state index contributed by atoms with van der Waals surface area (Å²) < 4.78 is 38.2. The minimum absolute atomic E-state index is 0.257. The van der Waals surface area contributed by atoms with Crippen LogP contribution in [0, 0.1) is 5.82 Å². The van der Waals surface area contributed by atoms with Crippen LogP contribution in [-0.4, -0.2) is 0 Å². The first-order valence-electron chi connectivity index (χ1n) is 4.40. The standard InChI is InChI=1S/C10H10F3N/c11-7-3-1-2-6(8(7)9(12)13)10(14)4-5-10/h1-3,9H,4-5,14H2. The highest BCUT2D eigenvalue weighted by molar-refractivity contribution is 5.38. The van der Waals surface area contributed by atoms with Gasteiger partial charge in [-0.1, -0.05) is 12.1 Å². The first-order chi connectivity index (χ1) is 6.54. The fourth-order valence-corrected chi connectivity index (χ4v) is 1.60. The summed E-state index contributed by atoms with van der Waals surface area (Å²) in [4.78, 5) is 0. The average molecular weight is 201 g/mol. The van der Waals surface area contributed by atoms with Crippen LogP contribution in [0.25, 0.3) is 0 Å². The molecule has 2 rings (SSSR count). The molecule has 0 amide bonds. The highest BCUT2D eigenvalue weighted by Gasteiger charge is 2.43. The van der Waals surface area contributed by atoms with E-state index in [1.54, 1.807) is 0 Å². The van der Waals surface area contributed by atoms with Crippen molar-refractivity contribution >= 4 is 0 Å².